The lowest BCUT2D eigenvalue weighted by Gasteiger charge is -2.12. The first-order valence-electron chi connectivity index (χ1n) is 8.70. The zero-order chi connectivity index (χ0) is 17.5. The quantitative estimate of drug-likeness (QED) is 0.425. The Balaban J connectivity index is 1.95. The molecule has 0 radical (unpaired) electrons. The smallest absolute Gasteiger partial charge is 0.146 e. The van der Waals surface area contributed by atoms with Gasteiger partial charge in [-0.2, -0.15) is 0 Å². The van der Waals surface area contributed by atoms with Crippen LogP contribution >= 0.6 is 0 Å². The maximum Gasteiger partial charge on any atom is 0.146 e. The fraction of sp³-hybridized carbons (Fsp3) is 0.0435. The van der Waals surface area contributed by atoms with Crippen LogP contribution in [-0.2, 0) is 0 Å². The molecule has 2 aromatic heterocycles. The van der Waals surface area contributed by atoms with E-state index in [1.165, 1.54) is 5.56 Å². The van der Waals surface area contributed by atoms with Crippen LogP contribution in [-0.4, -0.2) is 14.4 Å². The Hall–Kier alpha value is -3.46. The zero-order valence-electron chi connectivity index (χ0n) is 14.4. The zero-order valence-corrected chi connectivity index (χ0v) is 14.4. The number of rotatable bonds is 2. The van der Waals surface area contributed by atoms with E-state index in [4.69, 9.17) is 9.97 Å². The maximum absolute atomic E-state index is 4.98. The Kier molecular flexibility index (Phi) is 3.32. The van der Waals surface area contributed by atoms with E-state index in [2.05, 4.69) is 59.9 Å². The van der Waals surface area contributed by atoms with Gasteiger partial charge < -0.3 is 0 Å². The van der Waals surface area contributed by atoms with E-state index >= 15 is 0 Å². The van der Waals surface area contributed by atoms with Crippen LogP contribution in [0.5, 0.6) is 0 Å². The number of aryl methyl sites for hydroxylation is 1. The van der Waals surface area contributed by atoms with Gasteiger partial charge in [0.1, 0.15) is 11.6 Å². The average Bonchev–Trinajstić information content (AvgIpc) is 3.14. The fourth-order valence-electron chi connectivity index (χ4n) is 3.50. The topological polar surface area (TPSA) is 30.2 Å². The summed E-state index contributed by atoms with van der Waals surface area (Å²) in [6.07, 6.45) is 1.96. The minimum absolute atomic E-state index is 0.912. The number of benzene rings is 3. The largest absolute Gasteiger partial charge is 0.276 e. The van der Waals surface area contributed by atoms with Crippen LogP contribution < -0.4 is 0 Å². The van der Waals surface area contributed by atoms with Crippen LogP contribution in [0.2, 0.25) is 0 Å². The lowest BCUT2D eigenvalue weighted by molar-refractivity contribution is 1.11. The number of hydrogen-bond acceptors (Lipinski definition) is 2. The Morgan fingerprint density at radius 2 is 1.46 bits per heavy atom. The second-order valence-corrected chi connectivity index (χ2v) is 6.44. The van der Waals surface area contributed by atoms with Gasteiger partial charge in [-0.3, -0.25) is 4.40 Å². The standard InChI is InChI=1S/C23H17N3/c1-16-9-5-6-12-18(16)23-24-15-21-19-13-7-8-14-20(19)25-22(26(21)23)17-10-3-2-4-11-17/h2-15H,1H3. The van der Waals surface area contributed by atoms with Crippen molar-refractivity contribution in [3.63, 3.8) is 0 Å². The van der Waals surface area contributed by atoms with E-state index in [9.17, 15) is 0 Å². The highest BCUT2D eigenvalue weighted by Gasteiger charge is 2.16. The number of imidazole rings is 1. The van der Waals surface area contributed by atoms with Gasteiger partial charge >= 0.3 is 0 Å². The molecule has 3 nitrogen and oxygen atoms in total. The number of aromatic nitrogens is 3. The third-order valence-electron chi connectivity index (χ3n) is 4.80. The van der Waals surface area contributed by atoms with Crippen molar-refractivity contribution in [3.05, 3.63) is 90.6 Å². The number of hydrogen-bond donors (Lipinski definition) is 0. The molecule has 0 aliphatic carbocycles. The van der Waals surface area contributed by atoms with Crippen molar-refractivity contribution < 1.29 is 0 Å². The summed E-state index contributed by atoms with van der Waals surface area (Å²) in [7, 11) is 0. The van der Waals surface area contributed by atoms with E-state index in [1.807, 2.05) is 36.5 Å². The summed E-state index contributed by atoms with van der Waals surface area (Å²) in [6, 6.07) is 26.9. The summed E-state index contributed by atoms with van der Waals surface area (Å²) in [4.78, 5) is 9.77. The lowest BCUT2D eigenvalue weighted by Crippen LogP contribution is -2.00. The Labute approximate surface area is 151 Å². The van der Waals surface area contributed by atoms with Crippen LogP contribution in [0.3, 0.4) is 0 Å². The van der Waals surface area contributed by atoms with Crippen LogP contribution in [0.1, 0.15) is 5.56 Å². The predicted molar refractivity (Wildman–Crippen MR) is 106 cm³/mol. The van der Waals surface area contributed by atoms with Crippen LogP contribution in [0, 0.1) is 6.92 Å². The molecule has 0 saturated heterocycles. The molecule has 0 aliphatic heterocycles. The first kappa shape index (κ1) is 14.8. The molecule has 5 aromatic rings. The monoisotopic (exact) mass is 335 g/mol. The van der Waals surface area contributed by atoms with Crippen LogP contribution in [0.15, 0.2) is 85.1 Å². The Bertz CT molecular complexity index is 1240. The highest BCUT2D eigenvalue weighted by atomic mass is 15.1. The highest BCUT2D eigenvalue weighted by molar-refractivity contribution is 5.96. The van der Waals surface area contributed by atoms with E-state index in [0.29, 0.717) is 0 Å². The van der Waals surface area contributed by atoms with E-state index in [1.54, 1.807) is 0 Å². The first-order chi connectivity index (χ1) is 12.8. The normalized spacial score (nSPS) is 11.3. The molecule has 0 saturated carbocycles. The number of nitrogens with zero attached hydrogens (tertiary/aromatic N) is 3. The molecule has 0 unspecified atom stereocenters. The van der Waals surface area contributed by atoms with Crippen LogP contribution in [0.4, 0.5) is 0 Å². The van der Waals surface area contributed by atoms with Crippen molar-refractivity contribution >= 4 is 16.4 Å². The van der Waals surface area contributed by atoms with E-state index < -0.39 is 0 Å². The van der Waals surface area contributed by atoms with Gasteiger partial charge in [0.05, 0.1) is 17.2 Å². The van der Waals surface area contributed by atoms with Crippen molar-refractivity contribution in [1.82, 2.24) is 14.4 Å². The minimum Gasteiger partial charge on any atom is -0.276 e. The van der Waals surface area contributed by atoms with Crippen molar-refractivity contribution in [2.75, 3.05) is 0 Å². The Morgan fingerprint density at radius 3 is 2.31 bits per heavy atom. The van der Waals surface area contributed by atoms with Crippen molar-refractivity contribution in [3.8, 4) is 22.8 Å². The maximum atomic E-state index is 4.98. The van der Waals surface area contributed by atoms with Crippen molar-refractivity contribution in [1.29, 1.82) is 0 Å². The third-order valence-corrected chi connectivity index (χ3v) is 4.80. The minimum atomic E-state index is 0.912. The van der Waals surface area contributed by atoms with Gasteiger partial charge in [-0.25, -0.2) is 9.97 Å². The molecule has 26 heavy (non-hydrogen) atoms. The van der Waals surface area contributed by atoms with E-state index in [0.717, 1.165) is 39.2 Å². The average molecular weight is 335 g/mol. The molecule has 3 heteroatoms. The van der Waals surface area contributed by atoms with Crippen molar-refractivity contribution in [2.45, 2.75) is 6.92 Å². The molecular formula is C23H17N3. The summed E-state index contributed by atoms with van der Waals surface area (Å²) in [6.45, 7) is 2.12. The summed E-state index contributed by atoms with van der Waals surface area (Å²) in [5.74, 6) is 1.84. The number of para-hydroxylation sites is 1. The molecular weight excluding hydrogens is 318 g/mol. The van der Waals surface area contributed by atoms with Gasteiger partial charge in [-0.15, -0.1) is 0 Å². The molecule has 0 N–H and O–H groups in total. The summed E-state index contributed by atoms with van der Waals surface area (Å²) >= 11 is 0. The molecule has 0 bridgehead atoms. The fourth-order valence-corrected chi connectivity index (χ4v) is 3.50. The molecule has 0 atom stereocenters. The van der Waals surface area contributed by atoms with E-state index in [-0.39, 0.29) is 0 Å². The van der Waals surface area contributed by atoms with Gasteiger partial charge in [0.2, 0.25) is 0 Å². The predicted octanol–water partition coefficient (Wildman–Crippen LogP) is 5.52. The molecule has 3 aromatic carbocycles. The number of fused-ring (bicyclic) bond motifs is 3. The second-order valence-electron chi connectivity index (χ2n) is 6.44. The third kappa shape index (κ3) is 2.21. The molecule has 5 rings (SSSR count). The molecule has 124 valence electrons. The van der Waals surface area contributed by atoms with Crippen molar-refractivity contribution in [2.24, 2.45) is 0 Å². The van der Waals surface area contributed by atoms with Gasteiger partial charge in [0.15, 0.2) is 0 Å². The van der Waals surface area contributed by atoms with Gasteiger partial charge in [-0.1, -0.05) is 72.8 Å². The highest BCUT2D eigenvalue weighted by Crippen LogP contribution is 2.31. The summed E-state index contributed by atoms with van der Waals surface area (Å²) in [5, 5.41) is 1.11. The SMILES string of the molecule is Cc1ccccc1-c1ncc2c3ccccc3nc(-c3ccccc3)n12. The van der Waals surface area contributed by atoms with Gasteiger partial charge in [0, 0.05) is 16.5 Å². The van der Waals surface area contributed by atoms with Crippen LogP contribution in [0.25, 0.3) is 39.2 Å². The lowest BCUT2D eigenvalue weighted by atomic mass is 10.1. The molecule has 0 fully saturated rings. The second kappa shape index (κ2) is 5.81. The Morgan fingerprint density at radius 1 is 0.731 bits per heavy atom. The molecule has 2 heterocycles. The summed E-state index contributed by atoms with van der Waals surface area (Å²) in [5.41, 5.74) is 5.47. The summed E-state index contributed by atoms with van der Waals surface area (Å²) < 4.78 is 2.18. The van der Waals surface area contributed by atoms with Gasteiger partial charge in [0.25, 0.3) is 0 Å². The first-order valence-corrected chi connectivity index (χ1v) is 8.70. The van der Waals surface area contributed by atoms with Gasteiger partial charge in [-0.05, 0) is 18.6 Å². The molecule has 0 amide bonds. The molecule has 0 aliphatic rings. The molecule has 0 spiro atoms.